The summed E-state index contributed by atoms with van der Waals surface area (Å²) in [5, 5.41) is 15.9. The smallest absolute Gasteiger partial charge is 0.270 e. The largest absolute Gasteiger partial charge is 0.393 e. The molecular formula is C23H21FN6O2S. The van der Waals surface area contributed by atoms with Gasteiger partial charge in [-0.05, 0) is 36.6 Å². The van der Waals surface area contributed by atoms with Crippen LogP contribution in [0, 0.1) is 5.82 Å². The van der Waals surface area contributed by atoms with Gasteiger partial charge in [-0.25, -0.2) is 14.4 Å². The van der Waals surface area contributed by atoms with Crippen molar-refractivity contribution in [1.82, 2.24) is 30.0 Å². The summed E-state index contributed by atoms with van der Waals surface area (Å²) in [7, 11) is 1.78. The summed E-state index contributed by atoms with van der Waals surface area (Å²) in [6, 6.07) is 11.4. The fourth-order valence-corrected chi connectivity index (χ4v) is 3.51. The third-order valence-corrected chi connectivity index (χ3v) is 5.68. The second-order valence-corrected chi connectivity index (χ2v) is 8.23. The Morgan fingerprint density at radius 3 is 2.61 bits per heavy atom. The van der Waals surface area contributed by atoms with Crippen LogP contribution in [0.2, 0.25) is 0 Å². The Hall–Kier alpha value is -3.63. The first kappa shape index (κ1) is 22.6. The maximum atomic E-state index is 13.6. The van der Waals surface area contributed by atoms with Crippen LogP contribution in [-0.2, 0) is 7.05 Å². The quantitative estimate of drug-likeness (QED) is 0.405. The molecule has 168 valence electrons. The van der Waals surface area contributed by atoms with Gasteiger partial charge in [-0.1, -0.05) is 12.1 Å². The van der Waals surface area contributed by atoms with Crippen molar-refractivity contribution in [3.8, 4) is 33.9 Å². The Morgan fingerprint density at radius 2 is 1.97 bits per heavy atom. The van der Waals surface area contributed by atoms with Crippen molar-refractivity contribution in [2.24, 2.45) is 7.05 Å². The number of carbonyl (C=O) groups is 1. The minimum Gasteiger partial charge on any atom is -0.393 e. The standard InChI is InChI=1S/C23H21FN6O2S/c1-30-12-16(11-26-30)22-27-19(9-20(28-22)23(32)29-21(13-31)33-2)15-6-7-18(25-10-15)14-4-3-5-17(24)8-14/h3-12,21,31H,13H2,1-2H3,(H,29,32). The minimum atomic E-state index is -0.454. The Morgan fingerprint density at radius 1 is 1.12 bits per heavy atom. The molecule has 0 bridgehead atoms. The molecule has 0 saturated carbocycles. The Kier molecular flexibility index (Phi) is 6.76. The summed E-state index contributed by atoms with van der Waals surface area (Å²) in [6.45, 7) is -0.203. The van der Waals surface area contributed by atoms with E-state index in [-0.39, 0.29) is 18.1 Å². The number of rotatable bonds is 7. The monoisotopic (exact) mass is 464 g/mol. The van der Waals surface area contributed by atoms with Crippen molar-refractivity contribution in [3.05, 3.63) is 72.6 Å². The van der Waals surface area contributed by atoms with E-state index in [2.05, 4.69) is 25.4 Å². The molecule has 1 unspecified atom stereocenters. The number of halogens is 1. The van der Waals surface area contributed by atoms with E-state index < -0.39 is 11.3 Å². The van der Waals surface area contributed by atoms with Gasteiger partial charge in [0.15, 0.2) is 5.82 Å². The molecular weight excluding hydrogens is 443 g/mol. The molecule has 0 spiro atoms. The Bertz CT molecular complexity index is 1270. The van der Waals surface area contributed by atoms with E-state index >= 15 is 0 Å². The fraction of sp³-hybridized carbons (Fsp3) is 0.174. The van der Waals surface area contributed by atoms with Gasteiger partial charge in [-0.3, -0.25) is 14.5 Å². The van der Waals surface area contributed by atoms with Crippen LogP contribution in [0.4, 0.5) is 4.39 Å². The molecule has 4 rings (SSSR count). The lowest BCUT2D eigenvalue weighted by atomic mass is 10.1. The normalized spacial score (nSPS) is 11.9. The maximum absolute atomic E-state index is 13.6. The molecule has 1 amide bonds. The minimum absolute atomic E-state index is 0.153. The summed E-state index contributed by atoms with van der Waals surface area (Å²) in [5.74, 6) is -0.427. The van der Waals surface area contributed by atoms with Crippen LogP contribution in [0.1, 0.15) is 10.5 Å². The van der Waals surface area contributed by atoms with Crippen molar-refractivity contribution in [2.75, 3.05) is 12.9 Å². The highest BCUT2D eigenvalue weighted by atomic mass is 32.2. The van der Waals surface area contributed by atoms with E-state index in [1.807, 2.05) is 6.07 Å². The molecule has 1 atom stereocenters. The molecule has 0 aliphatic rings. The number of carbonyl (C=O) groups excluding carboxylic acids is 1. The van der Waals surface area contributed by atoms with Gasteiger partial charge in [0.25, 0.3) is 5.91 Å². The summed E-state index contributed by atoms with van der Waals surface area (Å²) in [5.41, 5.74) is 3.25. The number of aromatic nitrogens is 5. The first-order valence-electron chi connectivity index (χ1n) is 10.0. The number of aliphatic hydroxyl groups is 1. The average Bonchev–Trinajstić information content (AvgIpc) is 3.28. The van der Waals surface area contributed by atoms with Crippen LogP contribution < -0.4 is 5.32 Å². The highest BCUT2D eigenvalue weighted by molar-refractivity contribution is 7.99. The molecule has 2 N–H and O–H groups in total. The van der Waals surface area contributed by atoms with Crippen LogP contribution in [0.25, 0.3) is 33.9 Å². The van der Waals surface area contributed by atoms with Crippen molar-refractivity contribution in [1.29, 1.82) is 0 Å². The maximum Gasteiger partial charge on any atom is 0.270 e. The zero-order valence-electron chi connectivity index (χ0n) is 17.9. The molecule has 4 aromatic rings. The van der Waals surface area contributed by atoms with E-state index in [1.54, 1.807) is 60.8 Å². The molecule has 8 nitrogen and oxygen atoms in total. The van der Waals surface area contributed by atoms with E-state index in [0.717, 1.165) is 0 Å². The van der Waals surface area contributed by atoms with E-state index in [4.69, 9.17) is 0 Å². The van der Waals surface area contributed by atoms with Gasteiger partial charge in [0.1, 0.15) is 11.5 Å². The zero-order valence-corrected chi connectivity index (χ0v) is 18.8. The number of thioether (sulfide) groups is 1. The topological polar surface area (TPSA) is 106 Å². The Labute approximate surface area is 193 Å². The average molecular weight is 465 g/mol. The van der Waals surface area contributed by atoms with Crippen molar-refractivity contribution < 1.29 is 14.3 Å². The fourth-order valence-electron chi connectivity index (χ4n) is 3.14. The van der Waals surface area contributed by atoms with Crippen molar-refractivity contribution in [2.45, 2.75) is 5.37 Å². The first-order valence-corrected chi connectivity index (χ1v) is 11.3. The second kappa shape index (κ2) is 9.88. The lowest BCUT2D eigenvalue weighted by Crippen LogP contribution is -2.35. The molecule has 0 fully saturated rings. The lowest BCUT2D eigenvalue weighted by molar-refractivity contribution is 0.0933. The number of hydrogen-bond acceptors (Lipinski definition) is 7. The van der Waals surface area contributed by atoms with Crippen LogP contribution in [0.5, 0.6) is 0 Å². The zero-order chi connectivity index (χ0) is 23.4. The summed E-state index contributed by atoms with van der Waals surface area (Å²) < 4.78 is 15.2. The third-order valence-electron chi connectivity index (χ3n) is 4.84. The summed E-state index contributed by atoms with van der Waals surface area (Å²) in [6.07, 6.45) is 6.78. The van der Waals surface area contributed by atoms with Gasteiger partial charge in [0.05, 0.1) is 35.1 Å². The molecule has 0 radical (unpaired) electrons. The highest BCUT2D eigenvalue weighted by Crippen LogP contribution is 2.25. The molecule has 0 aliphatic carbocycles. The van der Waals surface area contributed by atoms with Gasteiger partial charge in [-0.15, -0.1) is 11.8 Å². The van der Waals surface area contributed by atoms with E-state index in [9.17, 15) is 14.3 Å². The molecule has 3 aromatic heterocycles. The summed E-state index contributed by atoms with van der Waals surface area (Å²) >= 11 is 1.32. The number of benzene rings is 1. The molecule has 0 saturated heterocycles. The molecule has 1 aromatic carbocycles. The van der Waals surface area contributed by atoms with E-state index in [1.165, 1.54) is 23.9 Å². The third kappa shape index (κ3) is 5.24. The number of aliphatic hydroxyl groups excluding tert-OH is 1. The summed E-state index contributed by atoms with van der Waals surface area (Å²) in [4.78, 5) is 26.3. The number of pyridine rings is 1. The van der Waals surface area contributed by atoms with Crippen LogP contribution in [0.15, 0.2) is 61.1 Å². The van der Waals surface area contributed by atoms with Gasteiger partial charge >= 0.3 is 0 Å². The predicted octanol–water partition coefficient (Wildman–Crippen LogP) is 3.16. The van der Waals surface area contributed by atoms with Crippen LogP contribution in [0.3, 0.4) is 0 Å². The molecule has 33 heavy (non-hydrogen) atoms. The van der Waals surface area contributed by atoms with Gasteiger partial charge in [0, 0.05) is 30.6 Å². The van der Waals surface area contributed by atoms with Crippen molar-refractivity contribution >= 4 is 17.7 Å². The van der Waals surface area contributed by atoms with Crippen LogP contribution in [-0.4, -0.2) is 54.0 Å². The molecule has 3 heterocycles. The van der Waals surface area contributed by atoms with Gasteiger partial charge in [-0.2, -0.15) is 5.10 Å². The van der Waals surface area contributed by atoms with Crippen LogP contribution >= 0.6 is 11.8 Å². The first-order chi connectivity index (χ1) is 16.0. The number of amides is 1. The number of nitrogens with one attached hydrogen (secondary N) is 1. The molecule has 0 aliphatic heterocycles. The SMILES string of the molecule is CSC(CO)NC(=O)c1cc(-c2ccc(-c3cccc(F)c3)nc2)nc(-c2cnn(C)c2)n1. The van der Waals surface area contributed by atoms with E-state index in [0.29, 0.717) is 33.9 Å². The predicted molar refractivity (Wildman–Crippen MR) is 125 cm³/mol. The number of nitrogens with zero attached hydrogens (tertiary/aromatic N) is 5. The Balaban J connectivity index is 1.73. The second-order valence-electron chi connectivity index (χ2n) is 7.19. The highest BCUT2D eigenvalue weighted by Gasteiger charge is 2.18. The lowest BCUT2D eigenvalue weighted by Gasteiger charge is -2.14. The molecule has 10 heteroatoms. The number of hydrogen-bond donors (Lipinski definition) is 2. The number of aryl methyl sites for hydroxylation is 1. The van der Waals surface area contributed by atoms with Crippen molar-refractivity contribution in [3.63, 3.8) is 0 Å². The van der Waals surface area contributed by atoms with Gasteiger partial charge < -0.3 is 10.4 Å². The van der Waals surface area contributed by atoms with Gasteiger partial charge in [0.2, 0.25) is 0 Å².